The summed E-state index contributed by atoms with van der Waals surface area (Å²) in [7, 11) is 0. The van der Waals surface area contributed by atoms with Gasteiger partial charge in [-0.2, -0.15) is 5.10 Å². The fourth-order valence-electron chi connectivity index (χ4n) is 1.34. The van der Waals surface area contributed by atoms with Crippen molar-refractivity contribution in [3.05, 3.63) is 38.0 Å². The van der Waals surface area contributed by atoms with Gasteiger partial charge in [-0.05, 0) is 40.1 Å². The van der Waals surface area contributed by atoms with Crippen molar-refractivity contribution in [2.45, 2.75) is 6.92 Å². The molecule has 1 aromatic heterocycles. The van der Waals surface area contributed by atoms with Crippen molar-refractivity contribution in [3.63, 3.8) is 0 Å². The van der Waals surface area contributed by atoms with Gasteiger partial charge in [-0.3, -0.25) is 4.79 Å². The standard InChI is InChI=1S/C11H8Br2N4O3/c1-5-9(17-20-16-5)11(19)15-14-4-6-2-7(12)3-8(13)10(6)18/h2-4,18H,1H3,(H,15,19). The lowest BCUT2D eigenvalue weighted by Gasteiger charge is -2.02. The number of aryl methyl sites for hydroxylation is 1. The molecule has 0 saturated heterocycles. The van der Waals surface area contributed by atoms with Gasteiger partial charge in [-0.25, -0.2) is 10.1 Å². The average molecular weight is 404 g/mol. The Morgan fingerprint density at radius 1 is 1.45 bits per heavy atom. The number of aromatic hydroxyl groups is 1. The van der Waals surface area contributed by atoms with Crippen LogP contribution in [0.3, 0.4) is 0 Å². The van der Waals surface area contributed by atoms with E-state index in [1.807, 2.05) is 0 Å². The number of halogens is 2. The SMILES string of the molecule is Cc1nonc1C(=O)NN=Cc1cc(Br)cc(Br)c1O. The molecule has 0 aliphatic carbocycles. The highest BCUT2D eigenvalue weighted by atomic mass is 79.9. The van der Waals surface area contributed by atoms with Crippen LogP contribution in [0.5, 0.6) is 5.75 Å². The summed E-state index contributed by atoms with van der Waals surface area (Å²) in [6.45, 7) is 1.59. The number of benzene rings is 1. The molecule has 9 heteroatoms. The quantitative estimate of drug-likeness (QED) is 0.605. The van der Waals surface area contributed by atoms with Gasteiger partial charge in [-0.15, -0.1) is 0 Å². The van der Waals surface area contributed by atoms with Gasteiger partial charge in [0.2, 0.25) is 0 Å². The maximum Gasteiger partial charge on any atom is 0.295 e. The second kappa shape index (κ2) is 6.14. The van der Waals surface area contributed by atoms with Gasteiger partial charge < -0.3 is 5.11 Å². The average Bonchev–Trinajstić information content (AvgIpc) is 2.81. The third kappa shape index (κ3) is 3.23. The molecule has 0 aliphatic rings. The molecular formula is C11H8Br2N4O3. The van der Waals surface area contributed by atoms with Crippen molar-refractivity contribution in [2.75, 3.05) is 0 Å². The summed E-state index contributed by atoms with van der Waals surface area (Å²) < 4.78 is 5.68. The molecule has 0 unspecified atom stereocenters. The van der Waals surface area contributed by atoms with E-state index in [1.165, 1.54) is 6.21 Å². The highest BCUT2D eigenvalue weighted by Crippen LogP contribution is 2.30. The van der Waals surface area contributed by atoms with E-state index in [0.717, 1.165) is 4.47 Å². The van der Waals surface area contributed by atoms with Crippen molar-refractivity contribution in [3.8, 4) is 5.75 Å². The minimum absolute atomic E-state index is 0.0190. The van der Waals surface area contributed by atoms with Gasteiger partial charge >= 0.3 is 0 Å². The largest absolute Gasteiger partial charge is 0.506 e. The fraction of sp³-hybridized carbons (Fsp3) is 0.0909. The Labute approximate surface area is 130 Å². The number of nitrogens with zero attached hydrogens (tertiary/aromatic N) is 3. The van der Waals surface area contributed by atoms with Gasteiger partial charge in [0.25, 0.3) is 5.91 Å². The molecule has 0 spiro atoms. The first-order chi connectivity index (χ1) is 9.49. The van der Waals surface area contributed by atoms with Crippen molar-refractivity contribution in [2.24, 2.45) is 5.10 Å². The molecule has 2 N–H and O–H groups in total. The van der Waals surface area contributed by atoms with E-state index in [0.29, 0.717) is 15.7 Å². The Morgan fingerprint density at radius 2 is 2.20 bits per heavy atom. The lowest BCUT2D eigenvalue weighted by atomic mass is 10.2. The molecule has 1 amide bonds. The molecule has 0 bridgehead atoms. The predicted molar refractivity (Wildman–Crippen MR) is 77.6 cm³/mol. The molecule has 1 heterocycles. The van der Waals surface area contributed by atoms with Crippen molar-refractivity contribution >= 4 is 44.0 Å². The predicted octanol–water partition coefficient (Wildman–Crippen LogP) is 2.37. The molecule has 1 aromatic carbocycles. The van der Waals surface area contributed by atoms with E-state index in [9.17, 15) is 9.90 Å². The van der Waals surface area contributed by atoms with E-state index in [4.69, 9.17) is 0 Å². The monoisotopic (exact) mass is 402 g/mol. The van der Waals surface area contributed by atoms with Crippen LogP contribution < -0.4 is 5.43 Å². The van der Waals surface area contributed by atoms with E-state index in [2.05, 4.69) is 57.3 Å². The molecule has 2 aromatic rings. The molecule has 0 atom stereocenters. The Hall–Kier alpha value is -1.74. The number of hydrogen-bond donors (Lipinski definition) is 2. The number of hydrazone groups is 1. The maximum atomic E-state index is 11.7. The molecule has 2 rings (SSSR count). The first kappa shape index (κ1) is 14.7. The van der Waals surface area contributed by atoms with E-state index < -0.39 is 5.91 Å². The summed E-state index contributed by atoms with van der Waals surface area (Å²) in [6, 6.07) is 3.34. The van der Waals surface area contributed by atoms with Gasteiger partial charge in [0.1, 0.15) is 11.4 Å². The summed E-state index contributed by atoms with van der Waals surface area (Å²) in [4.78, 5) is 11.7. The van der Waals surface area contributed by atoms with E-state index in [-0.39, 0.29) is 11.4 Å². The molecule has 0 radical (unpaired) electrons. The van der Waals surface area contributed by atoms with Gasteiger partial charge in [0.05, 0.1) is 10.7 Å². The summed E-state index contributed by atoms with van der Waals surface area (Å²) in [5.41, 5.74) is 3.12. The van der Waals surface area contributed by atoms with Crippen LogP contribution >= 0.6 is 31.9 Å². The molecular weight excluding hydrogens is 396 g/mol. The number of aromatic nitrogens is 2. The number of hydrogen-bond acceptors (Lipinski definition) is 6. The summed E-state index contributed by atoms with van der Waals surface area (Å²) in [5.74, 6) is -0.529. The van der Waals surface area contributed by atoms with Crippen LogP contribution in [0.2, 0.25) is 0 Å². The van der Waals surface area contributed by atoms with Crippen molar-refractivity contribution < 1.29 is 14.5 Å². The van der Waals surface area contributed by atoms with Crippen LogP contribution in [0.1, 0.15) is 21.7 Å². The summed E-state index contributed by atoms with van der Waals surface area (Å²) in [6.07, 6.45) is 1.31. The molecule has 104 valence electrons. The van der Waals surface area contributed by atoms with Crippen LogP contribution in [-0.4, -0.2) is 27.5 Å². The molecule has 0 aliphatic heterocycles. The van der Waals surface area contributed by atoms with E-state index >= 15 is 0 Å². The minimum atomic E-state index is -0.548. The first-order valence-electron chi connectivity index (χ1n) is 5.29. The molecule has 0 fully saturated rings. The smallest absolute Gasteiger partial charge is 0.295 e. The number of phenols is 1. The topological polar surface area (TPSA) is 101 Å². The van der Waals surface area contributed by atoms with E-state index in [1.54, 1.807) is 19.1 Å². The highest BCUT2D eigenvalue weighted by Gasteiger charge is 2.14. The zero-order valence-corrected chi connectivity index (χ0v) is 13.3. The first-order valence-corrected chi connectivity index (χ1v) is 6.88. The summed E-state index contributed by atoms with van der Waals surface area (Å²) >= 11 is 6.49. The van der Waals surface area contributed by atoms with Gasteiger partial charge in [-0.1, -0.05) is 21.1 Å². The Bertz CT molecular complexity index is 684. The highest BCUT2D eigenvalue weighted by molar-refractivity contribution is 9.11. The third-order valence-corrected chi connectivity index (χ3v) is 3.36. The zero-order valence-electron chi connectivity index (χ0n) is 10.1. The second-order valence-electron chi connectivity index (χ2n) is 3.72. The van der Waals surface area contributed by atoms with Crippen molar-refractivity contribution in [1.29, 1.82) is 0 Å². The fourth-order valence-corrected chi connectivity index (χ4v) is 2.59. The molecule has 7 nitrogen and oxygen atoms in total. The normalized spacial score (nSPS) is 10.9. The van der Waals surface area contributed by atoms with Gasteiger partial charge in [0.15, 0.2) is 5.69 Å². The van der Waals surface area contributed by atoms with Crippen LogP contribution in [0.4, 0.5) is 0 Å². The maximum absolute atomic E-state index is 11.7. The van der Waals surface area contributed by atoms with Crippen molar-refractivity contribution in [1.82, 2.24) is 15.7 Å². The minimum Gasteiger partial charge on any atom is -0.506 e. The van der Waals surface area contributed by atoms with Gasteiger partial charge in [0, 0.05) is 10.0 Å². The van der Waals surface area contributed by atoms with Crippen LogP contribution in [0.25, 0.3) is 0 Å². The lowest BCUT2D eigenvalue weighted by Crippen LogP contribution is -2.19. The molecule has 20 heavy (non-hydrogen) atoms. The number of rotatable bonds is 3. The Morgan fingerprint density at radius 3 is 2.85 bits per heavy atom. The lowest BCUT2D eigenvalue weighted by molar-refractivity contribution is 0.0945. The van der Waals surface area contributed by atoms with Crippen LogP contribution in [-0.2, 0) is 0 Å². The number of amides is 1. The summed E-state index contributed by atoms with van der Waals surface area (Å²) in [5, 5.41) is 20.5. The number of nitrogens with one attached hydrogen (secondary N) is 1. The Balaban J connectivity index is 2.11. The molecule has 0 saturated carbocycles. The number of carbonyl (C=O) groups excluding carboxylic acids is 1. The van der Waals surface area contributed by atoms with Crippen LogP contribution in [0.15, 0.2) is 30.8 Å². The zero-order chi connectivity index (χ0) is 14.7. The number of carbonyl (C=O) groups is 1. The Kier molecular flexibility index (Phi) is 4.50. The second-order valence-corrected chi connectivity index (χ2v) is 5.49. The van der Waals surface area contributed by atoms with Crippen LogP contribution in [0, 0.1) is 6.92 Å². The number of phenolic OH excluding ortho intramolecular Hbond substituents is 1. The third-order valence-electron chi connectivity index (χ3n) is 2.30.